The molecule has 3 aromatic heterocycles. The Kier molecular flexibility index (Phi) is 3.70. The van der Waals surface area contributed by atoms with Crippen LogP contribution in [-0.4, -0.2) is 4.40 Å². The Balaban J connectivity index is 2.00. The van der Waals surface area contributed by atoms with E-state index >= 15 is 0 Å². The first-order valence-electron chi connectivity index (χ1n) is 11.2. The Labute approximate surface area is 187 Å². The van der Waals surface area contributed by atoms with Crippen LogP contribution in [0.2, 0.25) is 0 Å². The maximum Gasteiger partial charge on any atom is 0.238 e. The smallest absolute Gasteiger partial charge is 0.238 e. The maximum atomic E-state index is 7.85. The SMILES string of the molecule is [C-]#[N+]c1cccc2c3cc[n+](C)c4c5c(C)cc(CC(C)(C)C)c6cccc(c65)n(c12)c34. The Morgan fingerprint density at radius 2 is 1.66 bits per heavy atom. The minimum atomic E-state index is 0.203. The van der Waals surface area contributed by atoms with Crippen LogP contribution < -0.4 is 4.57 Å². The third-order valence-corrected chi connectivity index (χ3v) is 6.79. The van der Waals surface area contributed by atoms with E-state index in [0.29, 0.717) is 5.69 Å². The third-order valence-electron chi connectivity index (χ3n) is 6.79. The van der Waals surface area contributed by atoms with Crippen LogP contribution in [0.25, 0.3) is 53.8 Å². The van der Waals surface area contributed by atoms with Crippen molar-refractivity contribution in [3.05, 3.63) is 77.3 Å². The standard InChI is InChI=1S/C29H26N3/c1-17-15-18(16-29(2,3)4)19-9-8-12-23-25(19)24(17)28-27-21(13-14-31(28)6)20-10-7-11-22(30-5)26(20)32(23)27/h7-15H,16H2,1-4,6H3/q+1. The Bertz CT molecular complexity index is 1750. The number of para-hydroxylation sites is 1. The summed E-state index contributed by atoms with van der Waals surface area (Å²) in [7, 11) is 2.13. The molecule has 3 nitrogen and oxygen atoms in total. The molecular weight excluding hydrogens is 390 g/mol. The van der Waals surface area contributed by atoms with Gasteiger partial charge in [0.25, 0.3) is 0 Å². The molecule has 0 atom stereocenters. The first-order chi connectivity index (χ1) is 15.3. The summed E-state index contributed by atoms with van der Waals surface area (Å²) >= 11 is 0. The highest BCUT2D eigenvalue weighted by molar-refractivity contribution is 6.27. The van der Waals surface area contributed by atoms with Crippen LogP contribution in [0.15, 0.2) is 54.7 Å². The lowest BCUT2D eigenvalue weighted by Gasteiger charge is -2.22. The lowest BCUT2D eigenvalue weighted by molar-refractivity contribution is -0.644. The third kappa shape index (κ3) is 2.38. The normalized spacial score (nSPS) is 12.6. The summed E-state index contributed by atoms with van der Waals surface area (Å²) < 4.78 is 4.60. The van der Waals surface area contributed by atoms with Gasteiger partial charge in [-0.15, -0.1) is 0 Å². The van der Waals surface area contributed by atoms with Crippen molar-refractivity contribution in [1.29, 1.82) is 0 Å². The molecule has 0 aliphatic heterocycles. The zero-order chi connectivity index (χ0) is 22.4. The molecule has 6 aromatic rings. The van der Waals surface area contributed by atoms with Gasteiger partial charge in [0.2, 0.25) is 11.2 Å². The molecule has 0 bridgehead atoms. The fraction of sp³-hybridized carbons (Fsp3) is 0.241. The van der Waals surface area contributed by atoms with Crippen LogP contribution in [0.1, 0.15) is 31.9 Å². The molecule has 32 heavy (non-hydrogen) atoms. The first-order valence-corrected chi connectivity index (χ1v) is 11.2. The van der Waals surface area contributed by atoms with Gasteiger partial charge in [-0.05, 0) is 46.7 Å². The van der Waals surface area contributed by atoms with Crippen LogP contribution in [0.3, 0.4) is 0 Å². The number of fused-ring (bicyclic) bond motifs is 5. The molecule has 0 saturated carbocycles. The number of pyridine rings is 2. The number of benzene rings is 3. The predicted molar refractivity (Wildman–Crippen MR) is 134 cm³/mol. The van der Waals surface area contributed by atoms with Crippen molar-refractivity contribution in [1.82, 2.24) is 4.40 Å². The summed E-state index contributed by atoms with van der Waals surface area (Å²) in [5.41, 5.74) is 8.26. The molecule has 3 aromatic carbocycles. The summed E-state index contributed by atoms with van der Waals surface area (Å²) in [5.74, 6) is 0. The van der Waals surface area contributed by atoms with Crippen LogP contribution >= 0.6 is 0 Å². The van der Waals surface area contributed by atoms with Gasteiger partial charge in [0.15, 0.2) is 6.20 Å². The first kappa shape index (κ1) is 19.1. The Morgan fingerprint density at radius 1 is 0.938 bits per heavy atom. The zero-order valence-corrected chi connectivity index (χ0v) is 19.2. The molecule has 6 rings (SSSR count). The second-order valence-corrected chi connectivity index (χ2v) is 10.3. The molecule has 0 spiro atoms. The van der Waals surface area contributed by atoms with Gasteiger partial charge < -0.3 is 4.40 Å². The fourth-order valence-corrected chi connectivity index (χ4v) is 5.69. The molecule has 0 fully saturated rings. The van der Waals surface area contributed by atoms with Crippen molar-refractivity contribution in [2.75, 3.05) is 0 Å². The van der Waals surface area contributed by atoms with E-state index in [1.807, 2.05) is 12.1 Å². The van der Waals surface area contributed by atoms with Gasteiger partial charge in [-0.2, -0.15) is 4.57 Å². The van der Waals surface area contributed by atoms with Gasteiger partial charge in [-0.1, -0.05) is 57.2 Å². The van der Waals surface area contributed by atoms with Crippen molar-refractivity contribution < 1.29 is 4.57 Å². The molecule has 3 heteroatoms. The van der Waals surface area contributed by atoms with Gasteiger partial charge >= 0.3 is 0 Å². The van der Waals surface area contributed by atoms with Gasteiger partial charge in [0.05, 0.1) is 23.0 Å². The predicted octanol–water partition coefficient (Wildman–Crippen LogP) is 7.26. The second-order valence-electron chi connectivity index (χ2n) is 10.3. The van der Waals surface area contributed by atoms with E-state index < -0.39 is 0 Å². The topological polar surface area (TPSA) is 12.7 Å². The molecule has 156 valence electrons. The molecule has 0 saturated heterocycles. The molecule has 0 N–H and O–H groups in total. The number of hydrogen-bond acceptors (Lipinski definition) is 0. The number of aryl methyl sites for hydroxylation is 2. The molecule has 0 amide bonds. The van der Waals surface area contributed by atoms with Crippen molar-refractivity contribution in [2.24, 2.45) is 12.5 Å². The van der Waals surface area contributed by atoms with Crippen molar-refractivity contribution in [2.45, 2.75) is 34.1 Å². The summed E-state index contributed by atoms with van der Waals surface area (Å²) in [6.45, 7) is 17.0. The fourth-order valence-electron chi connectivity index (χ4n) is 5.69. The van der Waals surface area contributed by atoms with E-state index in [1.54, 1.807) is 0 Å². The molecule has 0 aliphatic carbocycles. The molecule has 0 unspecified atom stereocenters. The minimum Gasteiger partial charge on any atom is -0.313 e. The minimum absolute atomic E-state index is 0.203. The zero-order valence-electron chi connectivity index (χ0n) is 19.2. The van der Waals surface area contributed by atoms with Crippen LogP contribution in [0.4, 0.5) is 5.69 Å². The highest BCUT2D eigenvalue weighted by Gasteiger charge is 2.26. The van der Waals surface area contributed by atoms with E-state index in [0.717, 1.165) is 17.3 Å². The average molecular weight is 417 g/mol. The van der Waals surface area contributed by atoms with E-state index in [-0.39, 0.29) is 5.41 Å². The van der Waals surface area contributed by atoms with Gasteiger partial charge in [-0.25, -0.2) is 4.85 Å². The molecule has 3 heterocycles. The number of hydrogen-bond donors (Lipinski definition) is 0. The largest absolute Gasteiger partial charge is 0.313 e. The molecule has 0 radical (unpaired) electrons. The van der Waals surface area contributed by atoms with Crippen molar-refractivity contribution in [3.8, 4) is 0 Å². The van der Waals surface area contributed by atoms with E-state index in [9.17, 15) is 0 Å². The van der Waals surface area contributed by atoms with Gasteiger partial charge in [0.1, 0.15) is 12.6 Å². The van der Waals surface area contributed by atoms with E-state index in [4.69, 9.17) is 6.57 Å². The lowest BCUT2D eigenvalue weighted by Crippen LogP contribution is -2.29. The van der Waals surface area contributed by atoms with E-state index in [2.05, 4.69) is 91.2 Å². The lowest BCUT2D eigenvalue weighted by atomic mass is 9.84. The summed E-state index contributed by atoms with van der Waals surface area (Å²) in [6, 6.07) is 17.4. The van der Waals surface area contributed by atoms with Crippen LogP contribution in [0.5, 0.6) is 0 Å². The van der Waals surface area contributed by atoms with Crippen molar-refractivity contribution >= 4 is 54.7 Å². The highest BCUT2D eigenvalue weighted by Crippen LogP contribution is 2.43. The molecular formula is C29H26N3+. The molecule has 0 aliphatic rings. The van der Waals surface area contributed by atoms with E-state index in [1.165, 1.54) is 49.2 Å². The Morgan fingerprint density at radius 3 is 2.41 bits per heavy atom. The summed E-state index contributed by atoms with van der Waals surface area (Å²) in [5, 5.41) is 6.30. The Hall–Kier alpha value is -3.64. The summed E-state index contributed by atoms with van der Waals surface area (Å²) in [6.07, 6.45) is 3.19. The monoisotopic (exact) mass is 416 g/mol. The van der Waals surface area contributed by atoms with Gasteiger partial charge in [0, 0.05) is 16.8 Å². The number of nitrogens with zero attached hydrogens (tertiary/aromatic N) is 3. The number of rotatable bonds is 1. The number of aromatic nitrogens is 2. The maximum absolute atomic E-state index is 7.85. The van der Waals surface area contributed by atoms with Gasteiger partial charge in [-0.3, -0.25) is 0 Å². The van der Waals surface area contributed by atoms with Crippen molar-refractivity contribution in [3.63, 3.8) is 0 Å². The second kappa shape index (κ2) is 6.20. The highest BCUT2D eigenvalue weighted by atomic mass is 15.0. The van der Waals surface area contributed by atoms with Crippen LogP contribution in [0, 0.1) is 18.9 Å². The quantitative estimate of drug-likeness (QED) is 0.116. The summed E-state index contributed by atoms with van der Waals surface area (Å²) in [4.78, 5) is 3.90. The van der Waals surface area contributed by atoms with Crippen LogP contribution in [-0.2, 0) is 13.5 Å². The average Bonchev–Trinajstić information content (AvgIpc) is 3.09.